The van der Waals surface area contributed by atoms with E-state index in [4.69, 9.17) is 5.11 Å². The Morgan fingerprint density at radius 1 is 1.14 bits per heavy atom. The minimum absolute atomic E-state index is 0.669. The lowest BCUT2D eigenvalue weighted by atomic mass is 10.2. The van der Waals surface area contributed by atoms with E-state index in [0.29, 0.717) is 12.0 Å². The summed E-state index contributed by atoms with van der Waals surface area (Å²) in [6.45, 7) is 0.722. The second kappa shape index (κ2) is 8.14. The van der Waals surface area contributed by atoms with Crippen LogP contribution in [-0.4, -0.2) is 22.6 Å². The van der Waals surface area contributed by atoms with Crippen LogP contribution in [0.2, 0.25) is 0 Å². The molecule has 22 heavy (non-hydrogen) atoms. The first kappa shape index (κ1) is 15.2. The molecule has 1 aromatic carbocycles. The third-order valence-corrected chi connectivity index (χ3v) is 2.66. The number of hydrogen-bond acceptors (Lipinski definition) is 3. The SMILES string of the molecule is O=C(O)C#Cc1ccc(NCCC#Cc2ccccn2)cc1. The zero-order valence-corrected chi connectivity index (χ0v) is 11.8. The van der Waals surface area contributed by atoms with E-state index >= 15 is 0 Å². The molecular weight excluding hydrogens is 276 g/mol. The summed E-state index contributed by atoms with van der Waals surface area (Å²) in [5.41, 5.74) is 2.38. The summed E-state index contributed by atoms with van der Waals surface area (Å²) < 4.78 is 0. The molecule has 2 aromatic rings. The largest absolute Gasteiger partial charge is 0.472 e. The van der Waals surface area contributed by atoms with E-state index in [1.54, 1.807) is 18.3 Å². The first-order valence-corrected chi connectivity index (χ1v) is 6.73. The first-order valence-electron chi connectivity index (χ1n) is 6.73. The van der Waals surface area contributed by atoms with Gasteiger partial charge < -0.3 is 10.4 Å². The van der Waals surface area contributed by atoms with Crippen molar-refractivity contribution in [3.05, 3.63) is 59.9 Å². The molecule has 0 radical (unpaired) electrons. The van der Waals surface area contributed by atoms with Crippen LogP contribution >= 0.6 is 0 Å². The molecule has 0 saturated heterocycles. The maximum absolute atomic E-state index is 10.3. The van der Waals surface area contributed by atoms with E-state index in [-0.39, 0.29) is 0 Å². The van der Waals surface area contributed by atoms with Crippen molar-refractivity contribution in [1.29, 1.82) is 0 Å². The minimum Gasteiger partial charge on any atom is -0.472 e. The zero-order valence-electron chi connectivity index (χ0n) is 11.8. The van der Waals surface area contributed by atoms with Gasteiger partial charge in [-0.25, -0.2) is 9.78 Å². The summed E-state index contributed by atoms with van der Waals surface area (Å²) >= 11 is 0. The van der Waals surface area contributed by atoms with E-state index in [9.17, 15) is 4.79 Å². The molecule has 0 spiro atoms. The molecule has 0 atom stereocenters. The molecule has 2 N–H and O–H groups in total. The molecule has 4 heteroatoms. The number of pyridine rings is 1. The van der Waals surface area contributed by atoms with Crippen molar-refractivity contribution in [3.8, 4) is 23.7 Å². The maximum Gasteiger partial charge on any atom is 0.382 e. The highest BCUT2D eigenvalue weighted by molar-refractivity contribution is 5.87. The lowest BCUT2D eigenvalue weighted by Gasteiger charge is -2.03. The average molecular weight is 290 g/mol. The molecule has 0 aliphatic rings. The van der Waals surface area contributed by atoms with Crippen LogP contribution in [0.3, 0.4) is 0 Å². The minimum atomic E-state index is -1.13. The number of aromatic nitrogens is 1. The average Bonchev–Trinajstić information content (AvgIpc) is 2.54. The van der Waals surface area contributed by atoms with Crippen LogP contribution in [0.4, 0.5) is 5.69 Å². The molecule has 1 aromatic heterocycles. The number of nitrogens with zero attached hydrogens (tertiary/aromatic N) is 1. The number of carboxylic acid groups (broad SMARTS) is 1. The van der Waals surface area contributed by atoms with Crippen LogP contribution in [0, 0.1) is 23.7 Å². The van der Waals surface area contributed by atoms with Gasteiger partial charge in [-0.1, -0.05) is 17.9 Å². The maximum atomic E-state index is 10.3. The highest BCUT2D eigenvalue weighted by atomic mass is 16.4. The molecule has 0 amide bonds. The van der Waals surface area contributed by atoms with Gasteiger partial charge in [0.1, 0.15) is 5.69 Å². The summed E-state index contributed by atoms with van der Waals surface area (Å²) in [6, 6.07) is 12.9. The summed E-state index contributed by atoms with van der Waals surface area (Å²) in [4.78, 5) is 14.5. The van der Waals surface area contributed by atoms with E-state index in [1.165, 1.54) is 0 Å². The van der Waals surface area contributed by atoms with E-state index in [1.807, 2.05) is 30.3 Å². The van der Waals surface area contributed by atoms with Gasteiger partial charge in [0.2, 0.25) is 0 Å². The Hall–Kier alpha value is -3.24. The monoisotopic (exact) mass is 290 g/mol. The molecule has 2 rings (SSSR count). The molecule has 0 unspecified atom stereocenters. The fraction of sp³-hybridized carbons (Fsp3) is 0.111. The normalized spacial score (nSPS) is 8.91. The fourth-order valence-electron chi connectivity index (χ4n) is 1.66. The number of carbonyl (C=O) groups is 1. The second-order valence-corrected chi connectivity index (χ2v) is 4.33. The standard InChI is InChI=1S/C18H14N2O2/c21-18(22)12-9-15-7-10-17(11-8-15)20-14-4-2-6-16-5-1-3-13-19-16/h1,3,5,7-8,10-11,13,20H,4,14H2,(H,21,22). The van der Waals surface area contributed by atoms with Crippen molar-refractivity contribution in [2.75, 3.05) is 11.9 Å². The smallest absolute Gasteiger partial charge is 0.382 e. The van der Waals surface area contributed by atoms with Crippen molar-refractivity contribution < 1.29 is 9.90 Å². The van der Waals surface area contributed by atoms with Gasteiger partial charge in [0.05, 0.1) is 0 Å². The highest BCUT2D eigenvalue weighted by Crippen LogP contribution is 2.08. The van der Waals surface area contributed by atoms with Crippen LogP contribution in [0.25, 0.3) is 0 Å². The van der Waals surface area contributed by atoms with Crippen LogP contribution in [0.15, 0.2) is 48.7 Å². The van der Waals surface area contributed by atoms with Crippen LogP contribution in [0.5, 0.6) is 0 Å². The van der Waals surface area contributed by atoms with E-state index in [0.717, 1.165) is 17.9 Å². The fourth-order valence-corrected chi connectivity index (χ4v) is 1.66. The molecule has 0 aliphatic heterocycles. The Bertz CT molecular complexity index is 745. The van der Waals surface area contributed by atoms with Crippen molar-refractivity contribution >= 4 is 11.7 Å². The summed E-state index contributed by atoms with van der Waals surface area (Å²) in [5.74, 6) is 9.55. The van der Waals surface area contributed by atoms with E-state index < -0.39 is 5.97 Å². The number of hydrogen-bond donors (Lipinski definition) is 2. The van der Waals surface area contributed by atoms with Crippen molar-refractivity contribution in [1.82, 2.24) is 4.98 Å². The predicted molar refractivity (Wildman–Crippen MR) is 85.2 cm³/mol. The quantitative estimate of drug-likeness (QED) is 0.673. The molecule has 0 aliphatic carbocycles. The van der Waals surface area contributed by atoms with Crippen molar-refractivity contribution in [2.24, 2.45) is 0 Å². The number of nitrogens with one attached hydrogen (secondary N) is 1. The van der Waals surface area contributed by atoms with Gasteiger partial charge in [-0.05, 0) is 42.3 Å². The Labute approximate surface area is 129 Å². The van der Waals surface area contributed by atoms with Gasteiger partial charge in [-0.3, -0.25) is 0 Å². The number of aliphatic carboxylic acids is 1. The predicted octanol–water partition coefficient (Wildman–Crippen LogP) is 2.37. The van der Waals surface area contributed by atoms with Crippen LogP contribution in [-0.2, 0) is 4.79 Å². The first-order chi connectivity index (χ1) is 10.7. The Morgan fingerprint density at radius 2 is 1.95 bits per heavy atom. The zero-order chi connectivity index (χ0) is 15.6. The molecule has 4 nitrogen and oxygen atoms in total. The number of anilines is 1. The topological polar surface area (TPSA) is 62.2 Å². The Kier molecular flexibility index (Phi) is 5.61. The van der Waals surface area contributed by atoms with Gasteiger partial charge in [0.15, 0.2) is 0 Å². The van der Waals surface area contributed by atoms with Gasteiger partial charge in [-0.2, -0.15) is 0 Å². The van der Waals surface area contributed by atoms with E-state index in [2.05, 4.69) is 34.0 Å². The molecule has 1 heterocycles. The Morgan fingerprint density at radius 3 is 2.64 bits per heavy atom. The third kappa shape index (κ3) is 5.40. The van der Waals surface area contributed by atoms with Crippen molar-refractivity contribution in [2.45, 2.75) is 6.42 Å². The molecule has 0 saturated carbocycles. The highest BCUT2D eigenvalue weighted by Gasteiger charge is 1.92. The summed E-state index contributed by atoms with van der Waals surface area (Å²) in [5, 5.41) is 11.7. The van der Waals surface area contributed by atoms with Crippen LogP contribution < -0.4 is 5.32 Å². The number of rotatable bonds is 3. The number of carboxylic acids is 1. The lowest BCUT2D eigenvalue weighted by molar-refractivity contribution is -0.130. The summed E-state index contributed by atoms with van der Waals surface area (Å²) in [6.07, 6.45) is 2.42. The molecule has 108 valence electrons. The van der Waals surface area contributed by atoms with Gasteiger partial charge in [0.25, 0.3) is 0 Å². The molecule has 0 fully saturated rings. The Balaban J connectivity index is 1.79. The molecule has 0 bridgehead atoms. The molecular formula is C18H14N2O2. The lowest BCUT2D eigenvalue weighted by Crippen LogP contribution is -2.00. The van der Waals surface area contributed by atoms with Crippen molar-refractivity contribution in [3.63, 3.8) is 0 Å². The van der Waals surface area contributed by atoms with Gasteiger partial charge in [-0.15, -0.1) is 0 Å². The van der Waals surface area contributed by atoms with Gasteiger partial charge >= 0.3 is 5.97 Å². The second-order valence-electron chi connectivity index (χ2n) is 4.33. The summed E-state index contributed by atoms with van der Waals surface area (Å²) in [7, 11) is 0. The van der Waals surface area contributed by atoms with Gasteiger partial charge in [0, 0.05) is 36.3 Å². The van der Waals surface area contributed by atoms with Crippen LogP contribution in [0.1, 0.15) is 17.7 Å². The number of benzene rings is 1. The third-order valence-electron chi connectivity index (χ3n) is 2.66.